The third kappa shape index (κ3) is 4.33. The maximum Gasteiger partial charge on any atom is 0.159 e. The van der Waals surface area contributed by atoms with E-state index in [4.69, 9.17) is 16.3 Å². The molecule has 1 aromatic carbocycles. The number of Topliss-reactive ketones (excluding diaryl/α,β-unsaturated/α-hetero) is 1. The van der Waals surface area contributed by atoms with Crippen LogP contribution in [0, 0.1) is 0 Å². The van der Waals surface area contributed by atoms with E-state index in [0.717, 1.165) is 24.5 Å². The fourth-order valence-electron chi connectivity index (χ4n) is 2.26. The van der Waals surface area contributed by atoms with E-state index in [-0.39, 0.29) is 11.7 Å². The summed E-state index contributed by atoms with van der Waals surface area (Å²) in [6.45, 7) is 4.90. The number of carbonyl (C=O) groups is 1. The van der Waals surface area contributed by atoms with Gasteiger partial charge in [0.25, 0.3) is 0 Å². The molecule has 0 aliphatic carbocycles. The number of nitrogens with one attached hydrogen (secondary N) is 1. The average Bonchev–Trinajstić information content (AvgIpc) is 2.53. The second-order valence-electron chi connectivity index (χ2n) is 5.08. The lowest BCUT2D eigenvalue weighted by molar-refractivity contribution is 0.101. The molecule has 0 spiro atoms. The van der Waals surface area contributed by atoms with Crippen molar-refractivity contribution in [3.05, 3.63) is 23.8 Å². The Hall–Kier alpha value is -1.30. The molecule has 1 aromatic rings. The predicted octanol–water partition coefficient (Wildman–Crippen LogP) is 1.74. The van der Waals surface area contributed by atoms with Crippen molar-refractivity contribution in [1.82, 2.24) is 0 Å². The Morgan fingerprint density at radius 1 is 1.48 bits per heavy atom. The summed E-state index contributed by atoms with van der Waals surface area (Å²) in [5.41, 5.74) is 2.51. The van der Waals surface area contributed by atoms with Crippen molar-refractivity contribution < 1.29 is 14.6 Å². The van der Waals surface area contributed by atoms with Gasteiger partial charge in [0.15, 0.2) is 5.78 Å². The van der Waals surface area contributed by atoms with Crippen molar-refractivity contribution in [2.45, 2.75) is 13.0 Å². The Morgan fingerprint density at radius 2 is 2.19 bits per heavy atom. The molecule has 0 saturated carbocycles. The van der Waals surface area contributed by atoms with Crippen LogP contribution in [0.3, 0.4) is 0 Å². The number of alkyl halides is 1. The molecule has 0 amide bonds. The second kappa shape index (κ2) is 7.64. The first-order valence-electron chi connectivity index (χ1n) is 7.07. The molecule has 1 heterocycles. The van der Waals surface area contributed by atoms with Gasteiger partial charge in [-0.3, -0.25) is 4.79 Å². The number of morpholine rings is 1. The van der Waals surface area contributed by atoms with Crippen LogP contribution >= 0.6 is 11.6 Å². The number of halogens is 1. The first-order valence-corrected chi connectivity index (χ1v) is 7.61. The number of benzene rings is 1. The molecule has 1 aliphatic heterocycles. The van der Waals surface area contributed by atoms with Crippen LogP contribution in [-0.4, -0.2) is 55.7 Å². The Bertz CT molecular complexity index is 490. The first kappa shape index (κ1) is 16.1. The Balaban J connectivity index is 2.22. The van der Waals surface area contributed by atoms with Gasteiger partial charge in [0.1, 0.15) is 0 Å². The van der Waals surface area contributed by atoms with Crippen LogP contribution in [0.15, 0.2) is 18.2 Å². The second-order valence-corrected chi connectivity index (χ2v) is 5.39. The highest BCUT2D eigenvalue weighted by Crippen LogP contribution is 2.28. The van der Waals surface area contributed by atoms with Gasteiger partial charge in [-0.25, -0.2) is 0 Å². The number of nitrogens with zero attached hydrogens (tertiary/aromatic N) is 1. The normalized spacial score (nSPS) is 16.6. The number of hydrogen-bond donors (Lipinski definition) is 2. The fourth-order valence-corrected chi connectivity index (χ4v) is 2.37. The molecule has 0 bridgehead atoms. The topological polar surface area (TPSA) is 61.8 Å². The van der Waals surface area contributed by atoms with Crippen molar-refractivity contribution >= 4 is 28.8 Å². The van der Waals surface area contributed by atoms with Crippen LogP contribution in [0.2, 0.25) is 0 Å². The van der Waals surface area contributed by atoms with E-state index in [1.165, 1.54) is 0 Å². The zero-order valence-corrected chi connectivity index (χ0v) is 12.9. The van der Waals surface area contributed by atoms with Gasteiger partial charge in [-0.2, -0.15) is 0 Å². The van der Waals surface area contributed by atoms with E-state index in [1.54, 1.807) is 6.92 Å². The van der Waals surface area contributed by atoms with Crippen molar-refractivity contribution in [1.29, 1.82) is 0 Å². The minimum absolute atomic E-state index is 0.0180. The number of ether oxygens (including phenoxy) is 1. The average molecular weight is 313 g/mol. The van der Waals surface area contributed by atoms with E-state index in [0.29, 0.717) is 25.3 Å². The molecule has 1 aliphatic rings. The molecular weight excluding hydrogens is 292 g/mol. The molecule has 1 saturated heterocycles. The smallest absolute Gasteiger partial charge is 0.159 e. The van der Waals surface area contributed by atoms with Crippen LogP contribution in [-0.2, 0) is 4.74 Å². The standard InChI is InChI=1S/C15H21ClN2O3/c1-11(19)12-2-3-15(18-4-6-21-7-5-18)14(8-12)17-10-13(20)9-16/h2-3,8,13,17,20H,4-7,9-10H2,1H3. The third-order valence-electron chi connectivity index (χ3n) is 3.46. The summed E-state index contributed by atoms with van der Waals surface area (Å²) < 4.78 is 5.36. The Kier molecular flexibility index (Phi) is 5.85. The summed E-state index contributed by atoms with van der Waals surface area (Å²) in [5, 5.41) is 12.8. The van der Waals surface area contributed by atoms with E-state index in [1.807, 2.05) is 18.2 Å². The maximum absolute atomic E-state index is 11.5. The highest BCUT2D eigenvalue weighted by atomic mass is 35.5. The molecule has 5 nitrogen and oxygen atoms in total. The Labute approximate surface area is 129 Å². The molecule has 2 rings (SSSR count). The summed E-state index contributed by atoms with van der Waals surface area (Å²) >= 11 is 5.62. The summed E-state index contributed by atoms with van der Waals surface area (Å²) in [7, 11) is 0. The minimum atomic E-state index is -0.620. The Morgan fingerprint density at radius 3 is 2.81 bits per heavy atom. The van der Waals surface area contributed by atoms with Gasteiger partial charge < -0.3 is 20.1 Å². The molecule has 2 N–H and O–H groups in total. The summed E-state index contributed by atoms with van der Waals surface area (Å²) in [4.78, 5) is 13.8. The SMILES string of the molecule is CC(=O)c1ccc(N2CCOCC2)c(NCC(O)CCl)c1. The number of ketones is 1. The van der Waals surface area contributed by atoms with Gasteiger partial charge in [-0.15, -0.1) is 11.6 Å². The monoisotopic (exact) mass is 312 g/mol. The van der Waals surface area contributed by atoms with Crippen molar-refractivity contribution in [3.8, 4) is 0 Å². The van der Waals surface area contributed by atoms with Gasteiger partial charge in [0.2, 0.25) is 0 Å². The molecule has 1 atom stereocenters. The van der Waals surface area contributed by atoms with E-state index < -0.39 is 6.10 Å². The molecule has 0 radical (unpaired) electrons. The lowest BCUT2D eigenvalue weighted by Gasteiger charge is -2.31. The van der Waals surface area contributed by atoms with Gasteiger partial charge >= 0.3 is 0 Å². The van der Waals surface area contributed by atoms with Crippen molar-refractivity contribution in [2.75, 3.05) is 48.9 Å². The van der Waals surface area contributed by atoms with Crippen LogP contribution in [0.5, 0.6) is 0 Å². The highest BCUT2D eigenvalue weighted by molar-refractivity contribution is 6.18. The van der Waals surface area contributed by atoms with E-state index >= 15 is 0 Å². The summed E-state index contributed by atoms with van der Waals surface area (Å²) in [5.74, 6) is 0.191. The van der Waals surface area contributed by atoms with Crippen molar-refractivity contribution in [3.63, 3.8) is 0 Å². The summed E-state index contributed by atoms with van der Waals surface area (Å²) in [6, 6.07) is 5.60. The van der Waals surface area contributed by atoms with Crippen molar-refractivity contribution in [2.24, 2.45) is 0 Å². The molecule has 1 unspecified atom stereocenters. The molecule has 1 fully saturated rings. The fraction of sp³-hybridized carbons (Fsp3) is 0.533. The molecule has 6 heteroatoms. The third-order valence-corrected chi connectivity index (χ3v) is 3.82. The van der Waals surface area contributed by atoms with Crippen LogP contribution in [0.25, 0.3) is 0 Å². The molecule has 0 aromatic heterocycles. The highest BCUT2D eigenvalue weighted by Gasteiger charge is 2.16. The van der Waals surface area contributed by atoms with Crippen LogP contribution in [0.4, 0.5) is 11.4 Å². The zero-order chi connectivity index (χ0) is 15.2. The number of carbonyl (C=O) groups excluding carboxylic acids is 1. The number of aliphatic hydroxyl groups is 1. The molecule has 116 valence electrons. The van der Waals surface area contributed by atoms with Crippen LogP contribution < -0.4 is 10.2 Å². The molecule has 21 heavy (non-hydrogen) atoms. The number of anilines is 2. The van der Waals surface area contributed by atoms with E-state index in [2.05, 4.69) is 10.2 Å². The van der Waals surface area contributed by atoms with E-state index in [9.17, 15) is 9.90 Å². The molecular formula is C15H21ClN2O3. The van der Waals surface area contributed by atoms with Gasteiger partial charge in [0, 0.05) is 25.2 Å². The predicted molar refractivity (Wildman–Crippen MR) is 84.7 cm³/mol. The zero-order valence-electron chi connectivity index (χ0n) is 12.1. The number of hydrogen-bond acceptors (Lipinski definition) is 5. The maximum atomic E-state index is 11.5. The summed E-state index contributed by atoms with van der Waals surface area (Å²) in [6.07, 6.45) is -0.620. The quantitative estimate of drug-likeness (QED) is 0.619. The lowest BCUT2D eigenvalue weighted by atomic mass is 10.1. The largest absolute Gasteiger partial charge is 0.390 e. The first-order chi connectivity index (χ1) is 10.1. The lowest BCUT2D eigenvalue weighted by Crippen LogP contribution is -2.37. The minimum Gasteiger partial charge on any atom is -0.390 e. The van der Waals surface area contributed by atoms with Crippen LogP contribution in [0.1, 0.15) is 17.3 Å². The van der Waals surface area contributed by atoms with Gasteiger partial charge in [0.05, 0.1) is 36.6 Å². The number of aliphatic hydroxyl groups excluding tert-OH is 1. The van der Waals surface area contributed by atoms with Gasteiger partial charge in [-0.05, 0) is 25.1 Å². The number of rotatable bonds is 6. The van der Waals surface area contributed by atoms with Gasteiger partial charge in [-0.1, -0.05) is 0 Å².